The molecule has 1 aromatic heterocycles. The van der Waals surface area contributed by atoms with Gasteiger partial charge in [0.25, 0.3) is 0 Å². The van der Waals surface area contributed by atoms with Crippen molar-refractivity contribution in [3.8, 4) is 5.75 Å². The lowest BCUT2D eigenvalue weighted by molar-refractivity contribution is 0.197. The first-order valence-corrected chi connectivity index (χ1v) is 11.7. The van der Waals surface area contributed by atoms with Gasteiger partial charge in [-0.15, -0.1) is 5.10 Å². The Kier molecular flexibility index (Phi) is 6.08. The van der Waals surface area contributed by atoms with Gasteiger partial charge in [0.15, 0.2) is 5.82 Å². The first-order valence-electron chi connectivity index (χ1n) is 11.7. The Bertz CT molecular complexity index is 1020. The normalized spacial score (nSPS) is 18.8. The molecule has 1 aliphatic carbocycles. The van der Waals surface area contributed by atoms with Crippen LogP contribution in [0, 0.1) is 6.92 Å². The van der Waals surface area contributed by atoms with E-state index in [1.54, 1.807) is 7.11 Å². The number of rotatable bonds is 6. The molecule has 0 amide bonds. The molecule has 0 unspecified atom stereocenters. The van der Waals surface area contributed by atoms with E-state index in [9.17, 15) is 0 Å². The molecule has 2 heterocycles. The van der Waals surface area contributed by atoms with E-state index in [1.165, 1.54) is 36.8 Å². The van der Waals surface area contributed by atoms with Gasteiger partial charge >= 0.3 is 0 Å². The number of benzene rings is 2. The first kappa shape index (κ1) is 20.9. The summed E-state index contributed by atoms with van der Waals surface area (Å²) < 4.78 is 7.72. The van der Waals surface area contributed by atoms with Crippen molar-refractivity contribution >= 4 is 5.69 Å². The van der Waals surface area contributed by atoms with E-state index >= 15 is 0 Å². The topological polar surface area (TPSA) is 59.3 Å². The van der Waals surface area contributed by atoms with Crippen LogP contribution in [-0.2, 0) is 0 Å². The molecule has 2 aliphatic rings. The average Bonchev–Trinajstić information content (AvgIpc) is 3.53. The highest BCUT2D eigenvalue weighted by atomic mass is 16.5. The SMILES string of the molecule is COc1ccccc1N1CCN([C@@H](c2ccc(C)cc2)c2nnnn2C2CCCC2)CC1. The lowest BCUT2D eigenvalue weighted by atomic mass is 10.0. The summed E-state index contributed by atoms with van der Waals surface area (Å²) in [7, 11) is 1.74. The highest BCUT2D eigenvalue weighted by Crippen LogP contribution is 2.35. The van der Waals surface area contributed by atoms with Gasteiger partial charge in [-0.3, -0.25) is 4.90 Å². The number of tetrazole rings is 1. The van der Waals surface area contributed by atoms with E-state index < -0.39 is 0 Å². The lowest BCUT2D eigenvalue weighted by Crippen LogP contribution is -2.48. The minimum absolute atomic E-state index is 0.0611. The van der Waals surface area contributed by atoms with E-state index in [-0.39, 0.29) is 6.04 Å². The van der Waals surface area contributed by atoms with Gasteiger partial charge in [0.1, 0.15) is 5.75 Å². The van der Waals surface area contributed by atoms with Crippen LogP contribution in [0.3, 0.4) is 0 Å². The van der Waals surface area contributed by atoms with E-state index in [4.69, 9.17) is 4.74 Å². The Morgan fingerprint density at radius 2 is 1.66 bits per heavy atom. The maximum Gasteiger partial charge on any atom is 0.173 e. The molecular weight excluding hydrogens is 400 g/mol. The molecular formula is C25H32N6O. The number of ether oxygens (including phenoxy) is 1. The Morgan fingerprint density at radius 1 is 0.938 bits per heavy atom. The van der Waals surface area contributed by atoms with Gasteiger partial charge in [0, 0.05) is 26.2 Å². The van der Waals surface area contributed by atoms with Gasteiger partial charge < -0.3 is 9.64 Å². The van der Waals surface area contributed by atoms with Crippen molar-refractivity contribution in [2.24, 2.45) is 0 Å². The van der Waals surface area contributed by atoms with Crippen LogP contribution in [0.2, 0.25) is 0 Å². The second-order valence-electron chi connectivity index (χ2n) is 8.93. The summed E-state index contributed by atoms with van der Waals surface area (Å²) in [6.45, 7) is 5.89. The minimum atomic E-state index is 0.0611. The zero-order valence-corrected chi connectivity index (χ0v) is 19.0. The smallest absolute Gasteiger partial charge is 0.173 e. The molecule has 32 heavy (non-hydrogen) atoms. The fourth-order valence-corrected chi connectivity index (χ4v) is 5.17. The fourth-order valence-electron chi connectivity index (χ4n) is 5.17. The number of methoxy groups -OCH3 is 1. The quantitative estimate of drug-likeness (QED) is 0.586. The number of anilines is 1. The van der Waals surface area contributed by atoms with E-state index in [0.29, 0.717) is 6.04 Å². The van der Waals surface area contributed by atoms with Crippen molar-refractivity contribution in [3.63, 3.8) is 0 Å². The summed E-state index contributed by atoms with van der Waals surface area (Å²) in [4.78, 5) is 4.95. The van der Waals surface area contributed by atoms with Gasteiger partial charge in [0.05, 0.1) is 24.9 Å². The number of piperazine rings is 1. The van der Waals surface area contributed by atoms with Crippen LogP contribution in [-0.4, -0.2) is 58.4 Å². The molecule has 7 heteroatoms. The molecule has 7 nitrogen and oxygen atoms in total. The zero-order chi connectivity index (χ0) is 21.9. The fraction of sp³-hybridized carbons (Fsp3) is 0.480. The molecule has 1 aliphatic heterocycles. The molecule has 1 saturated carbocycles. The lowest BCUT2D eigenvalue weighted by Gasteiger charge is -2.40. The maximum absolute atomic E-state index is 5.60. The summed E-state index contributed by atoms with van der Waals surface area (Å²) in [5.74, 6) is 1.91. The van der Waals surface area contributed by atoms with Gasteiger partial charge in [-0.05, 0) is 47.9 Å². The highest BCUT2D eigenvalue weighted by molar-refractivity contribution is 5.58. The van der Waals surface area contributed by atoms with Crippen molar-refractivity contribution in [1.29, 1.82) is 0 Å². The Balaban J connectivity index is 1.42. The third-order valence-corrected chi connectivity index (χ3v) is 6.93. The van der Waals surface area contributed by atoms with Crippen LogP contribution in [0.1, 0.15) is 54.7 Å². The Hall–Kier alpha value is -2.93. The van der Waals surface area contributed by atoms with Gasteiger partial charge in [-0.2, -0.15) is 0 Å². The van der Waals surface area contributed by atoms with Crippen molar-refractivity contribution in [3.05, 3.63) is 65.5 Å². The molecule has 0 bridgehead atoms. The molecule has 1 saturated heterocycles. The molecule has 2 aromatic carbocycles. The molecule has 2 fully saturated rings. The second-order valence-corrected chi connectivity index (χ2v) is 8.93. The number of hydrogen-bond acceptors (Lipinski definition) is 6. The predicted octanol–water partition coefficient (Wildman–Crippen LogP) is 4.02. The third kappa shape index (κ3) is 4.09. The van der Waals surface area contributed by atoms with Crippen LogP contribution < -0.4 is 9.64 Å². The van der Waals surface area contributed by atoms with Gasteiger partial charge in [-0.1, -0.05) is 54.8 Å². The summed E-state index contributed by atoms with van der Waals surface area (Å²) in [5.41, 5.74) is 3.69. The van der Waals surface area contributed by atoms with Gasteiger partial charge in [0.2, 0.25) is 0 Å². The molecule has 0 N–H and O–H groups in total. The molecule has 0 radical (unpaired) electrons. The van der Waals surface area contributed by atoms with Crippen LogP contribution in [0.4, 0.5) is 5.69 Å². The number of hydrogen-bond donors (Lipinski definition) is 0. The van der Waals surface area contributed by atoms with Crippen LogP contribution >= 0.6 is 0 Å². The second kappa shape index (κ2) is 9.28. The largest absolute Gasteiger partial charge is 0.495 e. The Morgan fingerprint density at radius 3 is 2.38 bits per heavy atom. The van der Waals surface area contributed by atoms with E-state index in [0.717, 1.165) is 43.4 Å². The summed E-state index contributed by atoms with van der Waals surface area (Å²) in [6, 6.07) is 17.6. The standard InChI is InChI=1S/C25H32N6O/c1-19-11-13-20(14-12-19)24(25-26-27-28-31(25)21-7-3-4-8-21)30-17-15-29(16-18-30)22-9-5-6-10-23(22)32-2/h5-6,9-14,21,24H,3-4,7-8,15-18H2,1-2H3/t24-/m0/s1. The van der Waals surface area contributed by atoms with Crippen molar-refractivity contribution in [1.82, 2.24) is 25.1 Å². The molecule has 0 spiro atoms. The van der Waals surface area contributed by atoms with Crippen molar-refractivity contribution < 1.29 is 4.74 Å². The van der Waals surface area contributed by atoms with Crippen molar-refractivity contribution in [2.75, 3.05) is 38.2 Å². The van der Waals surface area contributed by atoms with Crippen molar-refractivity contribution in [2.45, 2.75) is 44.7 Å². The zero-order valence-electron chi connectivity index (χ0n) is 19.0. The number of aromatic nitrogens is 4. The monoisotopic (exact) mass is 432 g/mol. The summed E-state index contributed by atoms with van der Waals surface area (Å²) >= 11 is 0. The summed E-state index contributed by atoms with van der Waals surface area (Å²) in [5, 5.41) is 13.1. The first-order chi connectivity index (χ1) is 15.7. The molecule has 1 atom stereocenters. The van der Waals surface area contributed by atoms with Crippen LogP contribution in [0.15, 0.2) is 48.5 Å². The average molecular weight is 433 g/mol. The predicted molar refractivity (Wildman–Crippen MR) is 125 cm³/mol. The highest BCUT2D eigenvalue weighted by Gasteiger charge is 2.33. The third-order valence-electron chi connectivity index (χ3n) is 6.93. The van der Waals surface area contributed by atoms with Crippen LogP contribution in [0.5, 0.6) is 5.75 Å². The molecule has 168 valence electrons. The summed E-state index contributed by atoms with van der Waals surface area (Å²) in [6.07, 6.45) is 4.86. The van der Waals surface area contributed by atoms with Crippen LogP contribution in [0.25, 0.3) is 0 Å². The maximum atomic E-state index is 5.60. The number of para-hydroxylation sites is 2. The molecule has 5 rings (SSSR count). The Labute approximate surface area is 190 Å². The molecule has 3 aromatic rings. The minimum Gasteiger partial charge on any atom is -0.495 e. The number of aryl methyl sites for hydroxylation is 1. The van der Waals surface area contributed by atoms with E-state index in [2.05, 4.69) is 73.3 Å². The number of nitrogens with zero attached hydrogens (tertiary/aromatic N) is 6. The van der Waals surface area contributed by atoms with E-state index in [1.807, 2.05) is 12.1 Å². The van der Waals surface area contributed by atoms with Gasteiger partial charge in [-0.25, -0.2) is 4.68 Å².